The van der Waals surface area contributed by atoms with Crippen LogP contribution in [-0.4, -0.2) is 11.2 Å². The Kier molecular flexibility index (Phi) is 1.11. The van der Waals surface area contributed by atoms with E-state index in [-0.39, 0.29) is 5.83 Å². The Morgan fingerprint density at radius 2 is 2.57 bits per heavy atom. The smallest absolute Gasteiger partial charge is 0.0986 e. The SMILES string of the molecule is OC1C=C(F)CC1. The molecule has 1 N–H and O–H groups in total. The summed E-state index contributed by atoms with van der Waals surface area (Å²) in [5.74, 6) is -0.174. The largest absolute Gasteiger partial charge is 0.389 e. The molecule has 2 heteroatoms. The van der Waals surface area contributed by atoms with E-state index in [1.54, 1.807) is 0 Å². The molecule has 0 radical (unpaired) electrons. The fourth-order valence-electron chi connectivity index (χ4n) is 0.661. The Hall–Kier alpha value is -0.370. The number of hydrogen-bond acceptors (Lipinski definition) is 1. The summed E-state index contributed by atoms with van der Waals surface area (Å²) in [7, 11) is 0. The van der Waals surface area contributed by atoms with Crippen LogP contribution in [0, 0.1) is 0 Å². The highest BCUT2D eigenvalue weighted by atomic mass is 19.1. The first-order valence-corrected chi connectivity index (χ1v) is 2.33. The summed E-state index contributed by atoms with van der Waals surface area (Å²) in [5.41, 5.74) is 0. The first-order chi connectivity index (χ1) is 3.29. The zero-order valence-corrected chi connectivity index (χ0v) is 3.89. The van der Waals surface area contributed by atoms with Crippen LogP contribution in [0.5, 0.6) is 0 Å². The second kappa shape index (κ2) is 1.62. The summed E-state index contributed by atoms with van der Waals surface area (Å²) in [4.78, 5) is 0. The van der Waals surface area contributed by atoms with Crippen molar-refractivity contribution in [1.82, 2.24) is 0 Å². The molecule has 0 aliphatic heterocycles. The number of aliphatic hydroxyl groups is 1. The van der Waals surface area contributed by atoms with Gasteiger partial charge in [-0.2, -0.15) is 0 Å². The van der Waals surface area contributed by atoms with Crippen molar-refractivity contribution in [3.63, 3.8) is 0 Å². The number of allylic oxidation sites excluding steroid dienone is 1. The Morgan fingerprint density at radius 3 is 2.71 bits per heavy atom. The number of aliphatic hydroxyl groups excluding tert-OH is 1. The van der Waals surface area contributed by atoms with Crippen LogP contribution in [0.4, 0.5) is 4.39 Å². The zero-order valence-electron chi connectivity index (χ0n) is 3.89. The first-order valence-electron chi connectivity index (χ1n) is 2.33. The zero-order chi connectivity index (χ0) is 5.28. The fourth-order valence-corrected chi connectivity index (χ4v) is 0.661. The summed E-state index contributed by atoms with van der Waals surface area (Å²) in [6.07, 6.45) is 1.72. The lowest BCUT2D eigenvalue weighted by molar-refractivity contribution is 0.223. The van der Waals surface area contributed by atoms with Crippen LogP contribution in [0.2, 0.25) is 0 Å². The molecular weight excluding hydrogens is 95.1 g/mol. The van der Waals surface area contributed by atoms with Gasteiger partial charge in [0.15, 0.2) is 0 Å². The van der Waals surface area contributed by atoms with Gasteiger partial charge in [-0.15, -0.1) is 0 Å². The van der Waals surface area contributed by atoms with Gasteiger partial charge in [-0.1, -0.05) is 0 Å². The highest BCUT2D eigenvalue weighted by Crippen LogP contribution is 2.18. The van der Waals surface area contributed by atoms with Gasteiger partial charge in [0.05, 0.1) is 11.9 Å². The minimum atomic E-state index is -0.514. The minimum Gasteiger partial charge on any atom is -0.389 e. The van der Waals surface area contributed by atoms with Gasteiger partial charge in [0.1, 0.15) is 0 Å². The van der Waals surface area contributed by atoms with E-state index in [2.05, 4.69) is 0 Å². The molecular formula is C5H7FO. The third-order valence-electron chi connectivity index (χ3n) is 1.05. The van der Waals surface area contributed by atoms with E-state index >= 15 is 0 Å². The molecule has 0 aromatic heterocycles. The lowest BCUT2D eigenvalue weighted by Crippen LogP contribution is -1.93. The Labute approximate surface area is 41.5 Å². The van der Waals surface area contributed by atoms with Crippen LogP contribution >= 0.6 is 0 Å². The van der Waals surface area contributed by atoms with Gasteiger partial charge in [0, 0.05) is 6.42 Å². The Bertz CT molecular complexity index is 98.3. The van der Waals surface area contributed by atoms with Crippen LogP contribution < -0.4 is 0 Å². The maximum absolute atomic E-state index is 11.9. The molecule has 1 atom stereocenters. The van der Waals surface area contributed by atoms with Crippen molar-refractivity contribution in [3.8, 4) is 0 Å². The quantitative estimate of drug-likeness (QED) is 0.483. The van der Waals surface area contributed by atoms with E-state index in [0.29, 0.717) is 12.8 Å². The molecule has 0 spiro atoms. The maximum atomic E-state index is 11.9. The van der Waals surface area contributed by atoms with Crippen LogP contribution in [0.25, 0.3) is 0 Å². The second-order valence-corrected chi connectivity index (χ2v) is 1.72. The molecule has 40 valence electrons. The summed E-state index contributed by atoms with van der Waals surface area (Å²) in [6, 6.07) is 0. The molecule has 1 aliphatic rings. The average Bonchev–Trinajstić information content (AvgIpc) is 1.87. The number of hydrogen-bond donors (Lipinski definition) is 1. The van der Waals surface area contributed by atoms with Gasteiger partial charge in [0.2, 0.25) is 0 Å². The summed E-state index contributed by atoms with van der Waals surface area (Å²) in [6.45, 7) is 0. The molecule has 0 aromatic carbocycles. The van der Waals surface area contributed by atoms with Crippen molar-refractivity contribution < 1.29 is 9.50 Å². The van der Waals surface area contributed by atoms with Crippen molar-refractivity contribution in [3.05, 3.63) is 11.9 Å². The van der Waals surface area contributed by atoms with Crippen LogP contribution in [-0.2, 0) is 0 Å². The monoisotopic (exact) mass is 102 g/mol. The molecule has 0 saturated heterocycles. The highest BCUT2D eigenvalue weighted by molar-refractivity contribution is 5.03. The van der Waals surface area contributed by atoms with Gasteiger partial charge in [-0.25, -0.2) is 4.39 Å². The van der Waals surface area contributed by atoms with Crippen LogP contribution in [0.3, 0.4) is 0 Å². The molecule has 1 rings (SSSR count). The first kappa shape index (κ1) is 4.78. The summed E-state index contributed by atoms with van der Waals surface area (Å²) < 4.78 is 11.9. The summed E-state index contributed by atoms with van der Waals surface area (Å²) in [5, 5.41) is 8.58. The molecule has 7 heavy (non-hydrogen) atoms. The van der Waals surface area contributed by atoms with E-state index in [1.165, 1.54) is 6.08 Å². The topological polar surface area (TPSA) is 20.2 Å². The fraction of sp³-hybridized carbons (Fsp3) is 0.600. The van der Waals surface area contributed by atoms with Crippen molar-refractivity contribution in [2.24, 2.45) is 0 Å². The van der Waals surface area contributed by atoms with Crippen LogP contribution in [0.1, 0.15) is 12.8 Å². The van der Waals surface area contributed by atoms with E-state index < -0.39 is 6.10 Å². The van der Waals surface area contributed by atoms with E-state index in [0.717, 1.165) is 0 Å². The Morgan fingerprint density at radius 1 is 1.86 bits per heavy atom. The van der Waals surface area contributed by atoms with E-state index in [1.807, 2.05) is 0 Å². The third-order valence-corrected chi connectivity index (χ3v) is 1.05. The maximum Gasteiger partial charge on any atom is 0.0986 e. The third kappa shape index (κ3) is 0.996. The average molecular weight is 102 g/mol. The molecule has 0 aromatic rings. The molecule has 0 amide bonds. The molecule has 0 fully saturated rings. The van der Waals surface area contributed by atoms with E-state index in [4.69, 9.17) is 5.11 Å². The number of rotatable bonds is 0. The minimum absolute atomic E-state index is 0.174. The van der Waals surface area contributed by atoms with Crippen molar-refractivity contribution in [2.75, 3.05) is 0 Å². The van der Waals surface area contributed by atoms with Gasteiger partial charge >= 0.3 is 0 Å². The molecule has 1 unspecified atom stereocenters. The normalized spacial score (nSPS) is 30.6. The molecule has 1 aliphatic carbocycles. The van der Waals surface area contributed by atoms with Gasteiger partial charge in [0.25, 0.3) is 0 Å². The van der Waals surface area contributed by atoms with Crippen LogP contribution in [0.15, 0.2) is 11.9 Å². The number of halogens is 1. The standard InChI is InChI=1S/C5H7FO/c6-4-1-2-5(7)3-4/h3,5,7H,1-2H2. The molecule has 0 heterocycles. The van der Waals surface area contributed by atoms with Crippen molar-refractivity contribution >= 4 is 0 Å². The molecule has 0 bridgehead atoms. The lowest BCUT2D eigenvalue weighted by Gasteiger charge is -1.88. The second-order valence-electron chi connectivity index (χ2n) is 1.72. The van der Waals surface area contributed by atoms with Crippen molar-refractivity contribution in [1.29, 1.82) is 0 Å². The predicted octanol–water partition coefficient (Wildman–Crippen LogP) is 0.994. The Balaban J connectivity index is 2.50. The predicted molar refractivity (Wildman–Crippen MR) is 24.4 cm³/mol. The highest BCUT2D eigenvalue weighted by Gasteiger charge is 2.10. The van der Waals surface area contributed by atoms with Gasteiger partial charge < -0.3 is 5.11 Å². The van der Waals surface area contributed by atoms with Gasteiger partial charge in [-0.05, 0) is 12.5 Å². The molecule has 1 nitrogen and oxygen atoms in total. The lowest BCUT2D eigenvalue weighted by atomic mass is 10.3. The van der Waals surface area contributed by atoms with E-state index in [9.17, 15) is 4.39 Å². The summed E-state index contributed by atoms with van der Waals surface area (Å²) >= 11 is 0. The van der Waals surface area contributed by atoms with Gasteiger partial charge in [-0.3, -0.25) is 0 Å². The van der Waals surface area contributed by atoms with Crippen molar-refractivity contribution in [2.45, 2.75) is 18.9 Å². The molecule has 0 saturated carbocycles.